The number of hydrogen-bond acceptors (Lipinski definition) is 0. The van der Waals surface area contributed by atoms with Gasteiger partial charge in [0.1, 0.15) is 5.83 Å². The van der Waals surface area contributed by atoms with Crippen molar-refractivity contribution in [2.24, 2.45) is 11.8 Å². The first-order chi connectivity index (χ1) is 10.7. The van der Waals surface area contributed by atoms with E-state index in [1.807, 2.05) is 13.0 Å². The maximum Gasteiger partial charge on any atom is 0.130 e. The first kappa shape index (κ1) is 21.4. The Morgan fingerprint density at radius 2 is 1.61 bits per heavy atom. The van der Waals surface area contributed by atoms with Gasteiger partial charge in [0, 0.05) is 5.57 Å². The summed E-state index contributed by atoms with van der Waals surface area (Å²) in [6, 6.07) is 0. The van der Waals surface area contributed by atoms with E-state index in [1.165, 1.54) is 18.9 Å². The molecule has 0 N–H and O–H groups in total. The summed E-state index contributed by atoms with van der Waals surface area (Å²) in [6.07, 6.45) is 9.40. The zero-order valence-electron chi connectivity index (χ0n) is 15.4. The molecule has 2 atom stereocenters. The van der Waals surface area contributed by atoms with Gasteiger partial charge in [0.05, 0.1) is 0 Å². The van der Waals surface area contributed by atoms with Gasteiger partial charge in [0.15, 0.2) is 0 Å². The molecule has 0 spiro atoms. The zero-order valence-corrected chi connectivity index (χ0v) is 15.4. The molecule has 0 radical (unpaired) electrons. The van der Waals surface area contributed by atoms with Crippen LogP contribution in [0.2, 0.25) is 0 Å². The Morgan fingerprint density at radius 3 is 2.13 bits per heavy atom. The maximum atomic E-state index is 14.0. The van der Waals surface area contributed by atoms with E-state index in [2.05, 4.69) is 47.1 Å². The van der Waals surface area contributed by atoms with E-state index >= 15 is 0 Å². The lowest BCUT2D eigenvalue weighted by Crippen LogP contribution is -2.01. The van der Waals surface area contributed by atoms with Crippen molar-refractivity contribution in [3.8, 4) is 0 Å². The molecule has 0 aromatic heterocycles. The second kappa shape index (κ2) is 11.0. The predicted octanol–water partition coefficient (Wildman–Crippen LogP) is 7.49. The molecule has 0 aliphatic rings. The Balaban J connectivity index is 4.61. The Labute approximate surface area is 142 Å². The Kier molecular flexibility index (Phi) is 10.2. The molecule has 23 heavy (non-hydrogen) atoms. The third-order valence-electron chi connectivity index (χ3n) is 4.38. The highest BCUT2D eigenvalue weighted by Gasteiger charge is 2.08. The van der Waals surface area contributed by atoms with E-state index in [0.717, 1.165) is 23.5 Å². The van der Waals surface area contributed by atoms with Gasteiger partial charge in [-0.1, -0.05) is 90.2 Å². The van der Waals surface area contributed by atoms with Crippen LogP contribution in [0.4, 0.5) is 4.39 Å². The average molecular weight is 317 g/mol. The lowest BCUT2D eigenvalue weighted by atomic mass is 9.91. The third-order valence-corrected chi connectivity index (χ3v) is 4.38. The van der Waals surface area contributed by atoms with Crippen LogP contribution in [-0.2, 0) is 0 Å². The van der Waals surface area contributed by atoms with E-state index in [-0.39, 0.29) is 5.83 Å². The lowest BCUT2D eigenvalue weighted by Gasteiger charge is -2.14. The van der Waals surface area contributed by atoms with Crippen molar-refractivity contribution in [3.63, 3.8) is 0 Å². The SMILES string of the molecule is C=C(/C=C(/F)C(=C)C(=C)/C=C\C(=C)C(C)CCC(C)CC)CC. The van der Waals surface area contributed by atoms with E-state index in [0.29, 0.717) is 23.5 Å². The van der Waals surface area contributed by atoms with Crippen molar-refractivity contribution < 1.29 is 4.39 Å². The van der Waals surface area contributed by atoms with Crippen molar-refractivity contribution in [2.45, 2.75) is 53.4 Å². The quantitative estimate of drug-likeness (QED) is 0.346. The molecule has 0 fully saturated rings. The molecule has 0 aromatic rings. The Bertz CT molecular complexity index is 502. The van der Waals surface area contributed by atoms with Gasteiger partial charge in [0.2, 0.25) is 0 Å². The van der Waals surface area contributed by atoms with E-state index in [9.17, 15) is 4.39 Å². The fourth-order valence-electron chi connectivity index (χ4n) is 1.92. The van der Waals surface area contributed by atoms with Gasteiger partial charge in [-0.05, 0) is 36.3 Å². The molecule has 0 nitrogen and oxygen atoms in total. The highest BCUT2D eigenvalue weighted by Crippen LogP contribution is 2.24. The lowest BCUT2D eigenvalue weighted by molar-refractivity contribution is 0.454. The maximum absolute atomic E-state index is 14.0. The standard InChI is InChI=1S/C22H33F/c1-9-16(3)11-12-18(5)19(6)13-14-20(7)21(8)22(23)15-17(4)10-2/h13-16,18H,4,6-12H2,1-3,5H3/b14-13-,22-15+. The summed E-state index contributed by atoms with van der Waals surface area (Å²) in [5, 5.41) is 0. The van der Waals surface area contributed by atoms with Crippen molar-refractivity contribution >= 4 is 0 Å². The fraction of sp³-hybridized carbons (Fsp3) is 0.455. The summed E-state index contributed by atoms with van der Waals surface area (Å²) in [4.78, 5) is 0. The summed E-state index contributed by atoms with van der Waals surface area (Å²) in [5.74, 6) is 0.790. The molecule has 0 aromatic carbocycles. The number of halogens is 1. The van der Waals surface area contributed by atoms with Crippen molar-refractivity contribution in [2.75, 3.05) is 0 Å². The molecule has 0 saturated heterocycles. The summed E-state index contributed by atoms with van der Waals surface area (Å²) < 4.78 is 14.0. The number of allylic oxidation sites excluding steroid dienone is 8. The molecule has 128 valence electrons. The normalized spacial score (nSPS) is 14.6. The minimum Gasteiger partial charge on any atom is -0.206 e. The molecule has 0 heterocycles. The second-order valence-electron chi connectivity index (χ2n) is 6.41. The van der Waals surface area contributed by atoms with Crippen LogP contribution in [-0.4, -0.2) is 0 Å². The second-order valence-corrected chi connectivity index (χ2v) is 6.41. The fourth-order valence-corrected chi connectivity index (χ4v) is 1.92. The predicted molar refractivity (Wildman–Crippen MR) is 103 cm³/mol. The topological polar surface area (TPSA) is 0 Å². The van der Waals surface area contributed by atoms with Crippen molar-refractivity contribution in [3.05, 3.63) is 72.7 Å². The Morgan fingerprint density at radius 1 is 1.00 bits per heavy atom. The van der Waals surface area contributed by atoms with Gasteiger partial charge in [-0.15, -0.1) is 0 Å². The summed E-state index contributed by atoms with van der Waals surface area (Å²) in [7, 11) is 0. The van der Waals surface area contributed by atoms with Gasteiger partial charge < -0.3 is 0 Å². The minimum atomic E-state index is -0.373. The first-order valence-electron chi connectivity index (χ1n) is 8.53. The Hall–Kier alpha value is -1.63. The first-order valence-corrected chi connectivity index (χ1v) is 8.53. The highest BCUT2D eigenvalue weighted by atomic mass is 19.1. The van der Waals surface area contributed by atoms with Gasteiger partial charge >= 0.3 is 0 Å². The zero-order chi connectivity index (χ0) is 18.0. The van der Waals surface area contributed by atoms with E-state index in [4.69, 9.17) is 0 Å². The number of rotatable bonds is 11. The number of hydrogen-bond donors (Lipinski definition) is 0. The smallest absolute Gasteiger partial charge is 0.130 e. The molecule has 1 heteroatoms. The molecule has 2 unspecified atom stereocenters. The van der Waals surface area contributed by atoms with Crippen LogP contribution >= 0.6 is 0 Å². The third kappa shape index (κ3) is 8.54. The molecule has 0 aliphatic carbocycles. The highest BCUT2D eigenvalue weighted by molar-refractivity contribution is 5.48. The average Bonchev–Trinajstić information content (AvgIpc) is 2.55. The van der Waals surface area contributed by atoms with Gasteiger partial charge in [0.25, 0.3) is 0 Å². The van der Waals surface area contributed by atoms with E-state index in [1.54, 1.807) is 6.08 Å². The van der Waals surface area contributed by atoms with Crippen LogP contribution < -0.4 is 0 Å². The van der Waals surface area contributed by atoms with Crippen molar-refractivity contribution in [1.29, 1.82) is 0 Å². The summed E-state index contributed by atoms with van der Waals surface area (Å²) in [6.45, 7) is 24.2. The van der Waals surface area contributed by atoms with Crippen LogP contribution in [0.3, 0.4) is 0 Å². The molecule has 0 amide bonds. The van der Waals surface area contributed by atoms with Crippen LogP contribution in [0.1, 0.15) is 53.4 Å². The van der Waals surface area contributed by atoms with Crippen LogP contribution in [0, 0.1) is 11.8 Å². The van der Waals surface area contributed by atoms with Crippen LogP contribution in [0.25, 0.3) is 0 Å². The van der Waals surface area contributed by atoms with Crippen molar-refractivity contribution in [1.82, 2.24) is 0 Å². The van der Waals surface area contributed by atoms with E-state index < -0.39 is 0 Å². The molecular formula is C22H33F. The molecule has 0 aliphatic heterocycles. The molecule has 0 bridgehead atoms. The molecule has 0 saturated carbocycles. The minimum absolute atomic E-state index is 0.302. The van der Waals surface area contributed by atoms with Crippen LogP contribution in [0.5, 0.6) is 0 Å². The van der Waals surface area contributed by atoms with Gasteiger partial charge in [-0.2, -0.15) is 0 Å². The van der Waals surface area contributed by atoms with Crippen LogP contribution in [0.15, 0.2) is 72.7 Å². The summed E-state index contributed by atoms with van der Waals surface area (Å²) in [5.41, 5.74) is 2.65. The summed E-state index contributed by atoms with van der Waals surface area (Å²) >= 11 is 0. The molecule has 0 rings (SSSR count). The largest absolute Gasteiger partial charge is 0.206 e. The monoisotopic (exact) mass is 316 g/mol. The molecular weight excluding hydrogens is 283 g/mol. The van der Waals surface area contributed by atoms with Gasteiger partial charge in [-0.3, -0.25) is 0 Å². The van der Waals surface area contributed by atoms with Gasteiger partial charge in [-0.25, -0.2) is 4.39 Å².